The molecule has 3 aromatic rings. The van der Waals surface area contributed by atoms with Crippen LogP contribution in [0.4, 0.5) is 5.69 Å². The summed E-state index contributed by atoms with van der Waals surface area (Å²) < 4.78 is 12.0. The second kappa shape index (κ2) is 9.84. The predicted octanol–water partition coefficient (Wildman–Crippen LogP) is 5.84. The molecule has 3 rings (SSSR count). The molecular formula is C23H18BrNO5. The minimum absolute atomic E-state index is 0.00202. The molecule has 152 valence electrons. The number of carbonyl (C=O) groups excluding carboxylic acids is 1. The maximum Gasteiger partial charge on any atom is 0.269 e. The molecule has 6 nitrogen and oxygen atoms in total. The number of nitro benzene ring substituents is 1. The van der Waals surface area contributed by atoms with E-state index >= 15 is 0 Å². The number of non-ortho nitro benzene ring substituents is 1. The van der Waals surface area contributed by atoms with Crippen LogP contribution in [0.3, 0.4) is 0 Å². The lowest BCUT2D eigenvalue weighted by Crippen LogP contribution is -2.00. The van der Waals surface area contributed by atoms with Gasteiger partial charge in [-0.15, -0.1) is 0 Å². The molecule has 0 aliphatic rings. The Morgan fingerprint density at radius 1 is 1.10 bits per heavy atom. The minimum Gasteiger partial charge on any atom is -0.496 e. The van der Waals surface area contributed by atoms with Gasteiger partial charge in [0, 0.05) is 27.7 Å². The Hall–Kier alpha value is -3.45. The smallest absolute Gasteiger partial charge is 0.269 e. The van der Waals surface area contributed by atoms with Crippen LogP contribution in [0.1, 0.15) is 21.5 Å². The van der Waals surface area contributed by atoms with Crippen molar-refractivity contribution < 1.29 is 19.2 Å². The molecule has 0 bridgehead atoms. The number of carbonyl (C=O) groups is 1. The molecule has 7 heteroatoms. The van der Waals surface area contributed by atoms with Gasteiger partial charge in [0.15, 0.2) is 5.78 Å². The van der Waals surface area contributed by atoms with Crippen LogP contribution in [0.25, 0.3) is 6.08 Å². The third kappa shape index (κ3) is 5.55. The fraction of sp³-hybridized carbons (Fsp3) is 0.0870. The molecule has 0 heterocycles. The lowest BCUT2D eigenvalue weighted by Gasteiger charge is -2.11. The van der Waals surface area contributed by atoms with Gasteiger partial charge in [-0.05, 0) is 48.0 Å². The van der Waals surface area contributed by atoms with E-state index < -0.39 is 4.92 Å². The Morgan fingerprint density at radius 2 is 1.87 bits per heavy atom. The summed E-state index contributed by atoms with van der Waals surface area (Å²) in [6, 6.07) is 18.6. The third-order valence-corrected chi connectivity index (χ3v) is 4.78. The number of nitrogens with zero attached hydrogens (tertiary/aromatic N) is 1. The van der Waals surface area contributed by atoms with Crippen molar-refractivity contribution in [3.05, 3.63) is 104 Å². The molecular weight excluding hydrogens is 450 g/mol. The molecule has 0 fully saturated rings. The molecule has 0 aromatic heterocycles. The van der Waals surface area contributed by atoms with Crippen molar-refractivity contribution in [1.29, 1.82) is 0 Å². The van der Waals surface area contributed by atoms with Crippen LogP contribution in [0, 0.1) is 10.1 Å². The summed E-state index contributed by atoms with van der Waals surface area (Å²) in [5.41, 5.74) is 2.20. The summed E-state index contributed by atoms with van der Waals surface area (Å²) in [4.78, 5) is 22.6. The first-order valence-electron chi connectivity index (χ1n) is 8.98. The van der Waals surface area contributed by atoms with E-state index in [2.05, 4.69) is 15.9 Å². The van der Waals surface area contributed by atoms with Gasteiger partial charge in [0.2, 0.25) is 0 Å². The van der Waals surface area contributed by atoms with Crippen LogP contribution >= 0.6 is 15.9 Å². The van der Waals surface area contributed by atoms with E-state index in [-0.39, 0.29) is 18.1 Å². The number of hydrogen-bond acceptors (Lipinski definition) is 5. The highest BCUT2D eigenvalue weighted by Gasteiger charge is 2.08. The highest BCUT2D eigenvalue weighted by atomic mass is 79.9. The van der Waals surface area contributed by atoms with Gasteiger partial charge < -0.3 is 9.47 Å². The fourth-order valence-electron chi connectivity index (χ4n) is 2.75. The Labute approximate surface area is 182 Å². The van der Waals surface area contributed by atoms with Crippen molar-refractivity contribution in [2.45, 2.75) is 6.61 Å². The first-order valence-corrected chi connectivity index (χ1v) is 9.78. The summed E-state index contributed by atoms with van der Waals surface area (Å²) in [5.74, 6) is 1.05. The zero-order valence-corrected chi connectivity index (χ0v) is 17.7. The van der Waals surface area contributed by atoms with Crippen LogP contribution in [0.15, 0.2) is 77.3 Å². The molecule has 0 atom stereocenters. The number of methoxy groups -OCH3 is 1. The summed E-state index contributed by atoms with van der Waals surface area (Å²) >= 11 is 3.36. The Kier molecular flexibility index (Phi) is 6.98. The van der Waals surface area contributed by atoms with Gasteiger partial charge in [0.25, 0.3) is 5.69 Å². The van der Waals surface area contributed by atoms with Crippen molar-refractivity contribution in [2.75, 3.05) is 7.11 Å². The molecule has 0 radical (unpaired) electrons. The quantitative estimate of drug-likeness (QED) is 0.180. The number of hydrogen-bond donors (Lipinski definition) is 0. The first-order chi connectivity index (χ1) is 14.5. The van der Waals surface area contributed by atoms with Crippen LogP contribution in [0.2, 0.25) is 0 Å². The number of ether oxygens (including phenoxy) is 2. The van der Waals surface area contributed by atoms with E-state index in [4.69, 9.17) is 9.47 Å². The van der Waals surface area contributed by atoms with E-state index in [9.17, 15) is 14.9 Å². The minimum atomic E-state index is -0.460. The van der Waals surface area contributed by atoms with E-state index in [1.807, 2.05) is 24.3 Å². The second-order valence-electron chi connectivity index (χ2n) is 6.32. The third-order valence-electron chi connectivity index (χ3n) is 4.28. The zero-order chi connectivity index (χ0) is 21.5. The summed E-state index contributed by atoms with van der Waals surface area (Å²) in [5, 5.41) is 10.7. The molecule has 0 spiro atoms. The van der Waals surface area contributed by atoms with Gasteiger partial charge in [0.1, 0.15) is 18.1 Å². The number of nitro groups is 1. The number of allylic oxidation sites excluding steroid dienone is 1. The van der Waals surface area contributed by atoms with Crippen LogP contribution in [-0.2, 0) is 6.61 Å². The Balaban J connectivity index is 1.73. The fourth-order valence-corrected chi connectivity index (χ4v) is 3.15. The molecule has 0 unspecified atom stereocenters. The van der Waals surface area contributed by atoms with Crippen molar-refractivity contribution in [2.24, 2.45) is 0 Å². The van der Waals surface area contributed by atoms with Gasteiger partial charge >= 0.3 is 0 Å². The molecule has 30 heavy (non-hydrogen) atoms. The maximum atomic E-state index is 12.4. The predicted molar refractivity (Wildman–Crippen MR) is 118 cm³/mol. The van der Waals surface area contributed by atoms with Gasteiger partial charge in [-0.1, -0.05) is 40.2 Å². The summed E-state index contributed by atoms with van der Waals surface area (Å²) in [6.07, 6.45) is 3.25. The molecule has 0 aliphatic carbocycles. The molecule has 3 aromatic carbocycles. The van der Waals surface area contributed by atoms with E-state index in [0.717, 1.165) is 15.6 Å². The molecule has 0 saturated carbocycles. The average molecular weight is 468 g/mol. The Morgan fingerprint density at radius 3 is 2.53 bits per heavy atom. The van der Waals surface area contributed by atoms with E-state index in [1.54, 1.807) is 43.5 Å². The maximum absolute atomic E-state index is 12.4. The zero-order valence-electron chi connectivity index (χ0n) is 16.1. The Bertz CT molecular complexity index is 1090. The number of halogens is 1. The SMILES string of the molecule is COc1ccc(/C=C/C(=O)c2cccc(Br)c2)cc1COc1ccc([N+](=O)[O-])cc1. The first kappa shape index (κ1) is 21.3. The monoisotopic (exact) mass is 467 g/mol. The normalized spacial score (nSPS) is 10.7. The number of rotatable bonds is 8. The molecule has 0 amide bonds. The highest BCUT2D eigenvalue weighted by molar-refractivity contribution is 9.10. The van der Waals surface area contributed by atoms with Crippen LogP contribution < -0.4 is 9.47 Å². The number of benzene rings is 3. The van der Waals surface area contributed by atoms with Gasteiger partial charge in [-0.2, -0.15) is 0 Å². The lowest BCUT2D eigenvalue weighted by molar-refractivity contribution is -0.384. The largest absolute Gasteiger partial charge is 0.496 e. The standard InChI is InChI=1S/C23H18BrNO5/c1-29-23-12-6-16(5-11-22(26)17-3-2-4-19(24)14-17)13-18(23)15-30-21-9-7-20(8-10-21)25(27)28/h2-14H,15H2,1H3/b11-5+. The van der Waals surface area contributed by atoms with E-state index in [0.29, 0.717) is 17.1 Å². The van der Waals surface area contributed by atoms with Gasteiger partial charge in [-0.3, -0.25) is 14.9 Å². The van der Waals surface area contributed by atoms with Crippen molar-refractivity contribution in [3.8, 4) is 11.5 Å². The van der Waals surface area contributed by atoms with Gasteiger partial charge in [0.05, 0.1) is 12.0 Å². The average Bonchev–Trinajstić information content (AvgIpc) is 2.76. The van der Waals surface area contributed by atoms with Crippen LogP contribution in [-0.4, -0.2) is 17.8 Å². The molecule has 0 aliphatic heterocycles. The van der Waals surface area contributed by atoms with Gasteiger partial charge in [-0.25, -0.2) is 0 Å². The molecule has 0 saturated heterocycles. The van der Waals surface area contributed by atoms with Crippen LogP contribution in [0.5, 0.6) is 11.5 Å². The topological polar surface area (TPSA) is 78.7 Å². The van der Waals surface area contributed by atoms with E-state index in [1.165, 1.54) is 18.2 Å². The number of ketones is 1. The molecule has 0 N–H and O–H groups in total. The van der Waals surface area contributed by atoms with Crippen molar-refractivity contribution >= 4 is 33.5 Å². The second-order valence-corrected chi connectivity index (χ2v) is 7.23. The van der Waals surface area contributed by atoms with Crippen molar-refractivity contribution in [3.63, 3.8) is 0 Å². The summed E-state index contributed by atoms with van der Waals surface area (Å²) in [7, 11) is 1.57. The highest BCUT2D eigenvalue weighted by Crippen LogP contribution is 2.24. The van der Waals surface area contributed by atoms with Crippen molar-refractivity contribution in [1.82, 2.24) is 0 Å². The summed E-state index contributed by atoms with van der Waals surface area (Å²) in [6.45, 7) is 0.211. The lowest BCUT2D eigenvalue weighted by atomic mass is 10.1.